The molecule has 0 aliphatic carbocycles. The van der Waals surface area contributed by atoms with Gasteiger partial charge in [-0.3, -0.25) is 9.48 Å². The van der Waals surface area contributed by atoms with Gasteiger partial charge in [0.25, 0.3) is 5.91 Å². The zero-order valence-corrected chi connectivity index (χ0v) is 19.3. The highest BCUT2D eigenvalue weighted by Gasteiger charge is 2.39. The Morgan fingerprint density at radius 2 is 2.03 bits per heavy atom. The number of halogens is 4. The molecule has 3 heterocycles. The number of hydrogen-bond donors (Lipinski definition) is 1. The Morgan fingerprint density at radius 1 is 1.29 bits per heavy atom. The van der Waals surface area contributed by atoms with Gasteiger partial charge in [-0.1, -0.05) is 6.92 Å². The fourth-order valence-electron chi connectivity index (χ4n) is 4.67. The summed E-state index contributed by atoms with van der Waals surface area (Å²) >= 11 is 0. The Bertz CT molecular complexity index is 1110. The van der Waals surface area contributed by atoms with E-state index in [2.05, 4.69) is 10.4 Å². The van der Waals surface area contributed by atoms with E-state index < -0.39 is 29.1 Å². The predicted molar refractivity (Wildman–Crippen MR) is 116 cm³/mol. The molecule has 11 heteroatoms. The van der Waals surface area contributed by atoms with Crippen LogP contribution in [0, 0.1) is 11.2 Å². The summed E-state index contributed by atoms with van der Waals surface area (Å²) in [5.41, 5.74) is 0.305. The molecule has 2 aromatic rings. The minimum Gasteiger partial charge on any atom is -0.462 e. The lowest BCUT2D eigenvalue weighted by Gasteiger charge is -2.36. The smallest absolute Gasteiger partial charge is 0.416 e. The van der Waals surface area contributed by atoms with E-state index >= 15 is 0 Å². The summed E-state index contributed by atoms with van der Waals surface area (Å²) in [6.07, 6.45) is -1.45. The van der Waals surface area contributed by atoms with E-state index in [1.54, 1.807) is 4.68 Å². The van der Waals surface area contributed by atoms with Gasteiger partial charge >= 0.3 is 12.1 Å². The van der Waals surface area contributed by atoms with Crippen LogP contribution in [0.4, 0.5) is 17.6 Å². The maximum Gasteiger partial charge on any atom is 0.416 e. The molecule has 35 heavy (non-hydrogen) atoms. The number of amides is 1. The normalized spacial score (nSPS) is 17.6. The van der Waals surface area contributed by atoms with Crippen molar-refractivity contribution in [3.63, 3.8) is 0 Å². The first-order valence-electron chi connectivity index (χ1n) is 11.6. The van der Waals surface area contributed by atoms with Crippen molar-refractivity contribution in [2.45, 2.75) is 51.7 Å². The van der Waals surface area contributed by atoms with Crippen molar-refractivity contribution >= 4 is 11.9 Å². The van der Waals surface area contributed by atoms with Crippen molar-refractivity contribution in [1.29, 1.82) is 0 Å². The van der Waals surface area contributed by atoms with Gasteiger partial charge in [-0.2, -0.15) is 18.3 Å². The molecule has 0 radical (unpaired) electrons. The molecule has 4 rings (SSSR count). The second-order valence-corrected chi connectivity index (χ2v) is 9.00. The number of benzene rings is 1. The molecule has 1 aromatic heterocycles. The van der Waals surface area contributed by atoms with Gasteiger partial charge in [-0.05, 0) is 49.3 Å². The van der Waals surface area contributed by atoms with Gasteiger partial charge in [0.15, 0.2) is 0 Å². The third kappa shape index (κ3) is 5.34. The molecular weight excluding hydrogens is 470 g/mol. The van der Waals surface area contributed by atoms with Crippen molar-refractivity contribution in [2.75, 3.05) is 26.4 Å². The second-order valence-electron chi connectivity index (χ2n) is 9.00. The quantitative estimate of drug-likeness (QED) is 0.372. The number of carbonyl (C=O) groups excluding carboxylic acids is 2. The Kier molecular flexibility index (Phi) is 7.16. The van der Waals surface area contributed by atoms with Crippen LogP contribution in [-0.4, -0.2) is 48.0 Å². The van der Waals surface area contributed by atoms with Crippen LogP contribution < -0.4 is 5.32 Å². The highest BCUT2D eigenvalue weighted by atomic mass is 19.4. The van der Waals surface area contributed by atoms with E-state index in [4.69, 9.17) is 9.47 Å². The van der Waals surface area contributed by atoms with E-state index in [9.17, 15) is 27.2 Å². The predicted octanol–water partition coefficient (Wildman–Crippen LogP) is 3.93. The van der Waals surface area contributed by atoms with Gasteiger partial charge in [0, 0.05) is 32.7 Å². The first kappa shape index (κ1) is 25.2. The number of alkyl halides is 3. The van der Waals surface area contributed by atoms with Crippen LogP contribution in [0.1, 0.15) is 63.9 Å². The maximum atomic E-state index is 14.0. The van der Waals surface area contributed by atoms with Crippen LogP contribution in [-0.2, 0) is 35.0 Å². The molecule has 0 atom stereocenters. The largest absolute Gasteiger partial charge is 0.462 e. The molecule has 1 aromatic carbocycles. The average molecular weight is 497 g/mol. The number of esters is 1. The third-order valence-corrected chi connectivity index (χ3v) is 6.68. The molecule has 190 valence electrons. The van der Waals surface area contributed by atoms with Crippen LogP contribution in [0.15, 0.2) is 18.2 Å². The summed E-state index contributed by atoms with van der Waals surface area (Å²) in [5.74, 6) is -2.47. The molecule has 2 aliphatic heterocycles. The standard InChI is InChI=1S/C24H27F4N3O4/c1-2-18-20-19(13-23(14-29-21(20)32)6-10-34-11-7-23)31(30-18)8-3-9-35-22(33)16-5-4-15(12-17(16)25)24(26,27)28/h4-5,12H,2-3,6-11,13-14H2,1H3,(H,29,32). The molecule has 1 N–H and O–H groups in total. The Morgan fingerprint density at radius 3 is 2.69 bits per heavy atom. The van der Waals surface area contributed by atoms with Gasteiger partial charge < -0.3 is 14.8 Å². The van der Waals surface area contributed by atoms with Crippen LogP contribution in [0.3, 0.4) is 0 Å². The lowest BCUT2D eigenvalue weighted by molar-refractivity contribution is -0.137. The molecule has 1 fully saturated rings. The molecule has 1 saturated heterocycles. The first-order valence-corrected chi connectivity index (χ1v) is 11.6. The van der Waals surface area contributed by atoms with Crippen molar-refractivity contribution in [2.24, 2.45) is 5.41 Å². The number of carbonyl (C=O) groups is 2. The fraction of sp³-hybridized carbons (Fsp3) is 0.542. The van der Waals surface area contributed by atoms with Crippen molar-refractivity contribution < 1.29 is 36.6 Å². The Hall–Kier alpha value is -2.95. The number of ether oxygens (including phenoxy) is 2. The Labute approximate surface area is 199 Å². The van der Waals surface area contributed by atoms with E-state index in [0.717, 1.165) is 24.6 Å². The topological polar surface area (TPSA) is 82.5 Å². The first-order chi connectivity index (χ1) is 16.6. The van der Waals surface area contributed by atoms with Gasteiger partial charge in [-0.15, -0.1) is 0 Å². The van der Waals surface area contributed by atoms with Gasteiger partial charge in [-0.25, -0.2) is 9.18 Å². The monoisotopic (exact) mass is 497 g/mol. The van der Waals surface area contributed by atoms with Gasteiger partial charge in [0.1, 0.15) is 5.82 Å². The second kappa shape index (κ2) is 9.96. The minimum atomic E-state index is -4.71. The average Bonchev–Trinajstić information content (AvgIpc) is 3.10. The molecule has 0 bridgehead atoms. The third-order valence-electron chi connectivity index (χ3n) is 6.68. The molecule has 1 spiro atoms. The zero-order valence-electron chi connectivity index (χ0n) is 19.3. The van der Waals surface area contributed by atoms with E-state index in [1.165, 1.54) is 0 Å². The zero-order chi connectivity index (χ0) is 25.2. The molecule has 2 aliphatic rings. The molecular formula is C24H27F4N3O4. The summed E-state index contributed by atoms with van der Waals surface area (Å²) in [7, 11) is 0. The fourth-order valence-corrected chi connectivity index (χ4v) is 4.67. The SMILES string of the molecule is CCc1nn(CCCOC(=O)c2ccc(C(F)(F)F)cc2F)c2c1C(=O)NCC1(CCOCC1)C2. The highest BCUT2D eigenvalue weighted by Crippen LogP contribution is 2.37. The molecule has 0 saturated carbocycles. The Balaban J connectivity index is 1.43. The van der Waals surface area contributed by atoms with Crippen LogP contribution >= 0.6 is 0 Å². The lowest BCUT2D eigenvalue weighted by Crippen LogP contribution is -2.40. The van der Waals surface area contributed by atoms with Gasteiger partial charge in [0.05, 0.1) is 34.7 Å². The van der Waals surface area contributed by atoms with E-state index in [-0.39, 0.29) is 24.0 Å². The summed E-state index contributed by atoms with van der Waals surface area (Å²) < 4.78 is 64.5. The van der Waals surface area contributed by atoms with Crippen LogP contribution in [0.25, 0.3) is 0 Å². The van der Waals surface area contributed by atoms with Crippen molar-refractivity contribution in [3.05, 3.63) is 52.1 Å². The van der Waals surface area contributed by atoms with Crippen LogP contribution in [0.5, 0.6) is 0 Å². The number of aryl methyl sites for hydroxylation is 2. The number of hydrogen-bond acceptors (Lipinski definition) is 5. The summed E-state index contributed by atoms with van der Waals surface area (Å²) in [6.45, 7) is 4.05. The van der Waals surface area contributed by atoms with Gasteiger partial charge in [0.2, 0.25) is 0 Å². The molecule has 1 amide bonds. The lowest BCUT2D eigenvalue weighted by atomic mass is 9.76. The van der Waals surface area contributed by atoms with Crippen molar-refractivity contribution in [1.82, 2.24) is 15.1 Å². The van der Waals surface area contributed by atoms with E-state index in [0.29, 0.717) is 62.9 Å². The number of aromatic nitrogens is 2. The molecule has 0 unspecified atom stereocenters. The maximum absolute atomic E-state index is 14.0. The minimum absolute atomic E-state index is 0.0828. The van der Waals surface area contributed by atoms with Crippen LogP contribution in [0.2, 0.25) is 0 Å². The number of nitrogens with zero attached hydrogens (tertiary/aromatic N) is 2. The number of fused-ring (bicyclic) bond motifs is 1. The van der Waals surface area contributed by atoms with Crippen molar-refractivity contribution in [3.8, 4) is 0 Å². The summed E-state index contributed by atoms with van der Waals surface area (Å²) in [5, 5.41) is 7.66. The number of rotatable bonds is 6. The highest BCUT2D eigenvalue weighted by molar-refractivity contribution is 5.97. The summed E-state index contributed by atoms with van der Waals surface area (Å²) in [4.78, 5) is 25.0. The molecule has 7 nitrogen and oxygen atoms in total. The summed E-state index contributed by atoms with van der Waals surface area (Å²) in [6, 6.07) is 1.69. The number of nitrogens with one attached hydrogen (secondary N) is 1. The van der Waals surface area contributed by atoms with E-state index in [1.807, 2.05) is 6.92 Å².